The summed E-state index contributed by atoms with van der Waals surface area (Å²) < 4.78 is 16.1. The second-order valence-electron chi connectivity index (χ2n) is 9.18. The Morgan fingerprint density at radius 1 is 1.22 bits per heavy atom. The Labute approximate surface area is 194 Å². The highest BCUT2D eigenvalue weighted by Crippen LogP contribution is 2.67. The molecule has 174 valence electrons. The number of methoxy groups -OCH3 is 3. The van der Waals surface area contributed by atoms with Gasteiger partial charge in [0.25, 0.3) is 0 Å². The average Bonchev–Trinajstić information content (AvgIpc) is 3.64. The summed E-state index contributed by atoms with van der Waals surface area (Å²) in [5.41, 5.74) is 1.20. The maximum absolute atomic E-state index is 10.4. The Balaban J connectivity index is 1.21. The van der Waals surface area contributed by atoms with Crippen LogP contribution in [0.25, 0.3) is 0 Å². The lowest BCUT2D eigenvalue weighted by Crippen LogP contribution is -2.05. The maximum Gasteiger partial charge on any atom is 0.203 e. The molecule has 2 saturated carbocycles. The van der Waals surface area contributed by atoms with E-state index in [0.29, 0.717) is 35.2 Å². The van der Waals surface area contributed by atoms with Crippen LogP contribution in [0.1, 0.15) is 49.2 Å². The highest BCUT2D eigenvalue weighted by molar-refractivity contribution is 7.10. The molecule has 1 N–H and O–H groups in total. The third-order valence-corrected chi connectivity index (χ3v) is 8.00. The van der Waals surface area contributed by atoms with Crippen molar-refractivity contribution in [3.63, 3.8) is 0 Å². The molecule has 2 unspecified atom stereocenters. The smallest absolute Gasteiger partial charge is 0.203 e. The van der Waals surface area contributed by atoms with Gasteiger partial charge in [0.15, 0.2) is 11.5 Å². The van der Waals surface area contributed by atoms with Crippen molar-refractivity contribution in [2.45, 2.75) is 38.7 Å². The molecule has 2 aromatic rings. The summed E-state index contributed by atoms with van der Waals surface area (Å²) in [5.74, 6) is 3.81. The van der Waals surface area contributed by atoms with E-state index < -0.39 is 0 Å². The van der Waals surface area contributed by atoms with E-state index in [9.17, 15) is 5.11 Å². The number of thiophene rings is 1. The molecule has 2 aliphatic rings. The quantitative estimate of drug-likeness (QED) is 0.344. The number of oxime groups is 1. The molecular weight excluding hydrogens is 426 g/mol. The van der Waals surface area contributed by atoms with Gasteiger partial charge >= 0.3 is 0 Å². The van der Waals surface area contributed by atoms with Gasteiger partial charge in [-0.3, -0.25) is 0 Å². The third kappa shape index (κ3) is 5.04. The molecule has 32 heavy (non-hydrogen) atoms. The molecule has 0 bridgehead atoms. The van der Waals surface area contributed by atoms with E-state index in [1.807, 2.05) is 29.6 Å². The van der Waals surface area contributed by atoms with Gasteiger partial charge in [-0.25, -0.2) is 0 Å². The van der Waals surface area contributed by atoms with E-state index >= 15 is 0 Å². The molecule has 0 saturated heterocycles. The van der Waals surface area contributed by atoms with Crippen molar-refractivity contribution in [2.75, 3.05) is 27.9 Å². The number of nitrogens with zero attached hydrogens (tertiary/aromatic N) is 1. The lowest BCUT2D eigenvalue weighted by atomic mass is 9.95. The summed E-state index contributed by atoms with van der Waals surface area (Å²) in [6, 6.07) is 7.71. The Kier molecular flexibility index (Phi) is 6.96. The monoisotopic (exact) mass is 459 g/mol. The minimum absolute atomic E-state index is 0.323. The van der Waals surface area contributed by atoms with Crippen LogP contribution < -0.4 is 14.2 Å². The molecule has 1 aromatic carbocycles. The van der Waals surface area contributed by atoms with E-state index in [-0.39, 0.29) is 6.10 Å². The Morgan fingerprint density at radius 2 is 1.97 bits per heavy atom. The van der Waals surface area contributed by atoms with E-state index in [1.165, 1.54) is 12.8 Å². The molecule has 6 nitrogen and oxygen atoms in total. The van der Waals surface area contributed by atoms with Crippen LogP contribution in [-0.2, 0) is 4.84 Å². The molecule has 7 heteroatoms. The number of rotatable bonds is 12. The van der Waals surface area contributed by atoms with Crippen LogP contribution in [0.3, 0.4) is 0 Å². The lowest BCUT2D eigenvalue weighted by molar-refractivity contribution is 0.129. The topological polar surface area (TPSA) is 69.5 Å². The van der Waals surface area contributed by atoms with Crippen LogP contribution >= 0.6 is 11.3 Å². The SMILES string of the molecule is COc1cc(/C=N\OC[C@H]2C[C@@H]2C2C[C@]2(C)CCC(O)c2cccs2)cc(OC)c1OC. The molecule has 4 rings (SSSR count). The minimum Gasteiger partial charge on any atom is -0.493 e. The summed E-state index contributed by atoms with van der Waals surface area (Å²) >= 11 is 1.64. The molecule has 0 spiro atoms. The maximum atomic E-state index is 10.4. The fourth-order valence-corrected chi connectivity index (χ4v) is 5.60. The zero-order chi connectivity index (χ0) is 22.7. The van der Waals surface area contributed by atoms with Crippen molar-refractivity contribution >= 4 is 17.6 Å². The fourth-order valence-electron chi connectivity index (χ4n) is 4.86. The van der Waals surface area contributed by atoms with Crippen LogP contribution in [0.4, 0.5) is 0 Å². The van der Waals surface area contributed by atoms with Crippen LogP contribution in [0.15, 0.2) is 34.8 Å². The van der Waals surface area contributed by atoms with Crippen LogP contribution in [-0.4, -0.2) is 39.3 Å². The van der Waals surface area contributed by atoms with Crippen molar-refractivity contribution in [3.8, 4) is 17.2 Å². The van der Waals surface area contributed by atoms with Gasteiger partial charge in [-0.1, -0.05) is 18.1 Å². The summed E-state index contributed by atoms with van der Waals surface area (Å²) in [6.07, 6.45) is 5.76. The molecule has 5 atom stereocenters. The van der Waals surface area contributed by atoms with E-state index in [0.717, 1.165) is 35.1 Å². The molecule has 1 heterocycles. The number of aliphatic hydroxyl groups is 1. The number of aliphatic hydroxyl groups excluding tert-OH is 1. The zero-order valence-electron chi connectivity index (χ0n) is 19.2. The van der Waals surface area contributed by atoms with E-state index in [2.05, 4.69) is 12.1 Å². The van der Waals surface area contributed by atoms with E-state index in [4.69, 9.17) is 19.0 Å². The summed E-state index contributed by atoms with van der Waals surface area (Å²) in [6.45, 7) is 3.02. The van der Waals surface area contributed by atoms with E-state index in [1.54, 1.807) is 38.9 Å². The van der Waals surface area contributed by atoms with Gasteiger partial charge in [0.1, 0.15) is 6.61 Å². The van der Waals surface area contributed by atoms with Gasteiger partial charge < -0.3 is 24.2 Å². The Bertz CT molecular complexity index is 905. The molecule has 0 amide bonds. The van der Waals surface area contributed by atoms with Gasteiger partial charge in [0, 0.05) is 10.4 Å². The van der Waals surface area contributed by atoms with Gasteiger partial charge in [-0.05, 0) is 72.4 Å². The molecule has 2 aliphatic carbocycles. The minimum atomic E-state index is -0.323. The largest absolute Gasteiger partial charge is 0.493 e. The normalized spacial score (nSPS) is 27.2. The molecule has 2 fully saturated rings. The van der Waals surface area contributed by atoms with Gasteiger partial charge in [0.05, 0.1) is 33.6 Å². The summed E-state index contributed by atoms with van der Waals surface area (Å²) in [4.78, 5) is 6.68. The average molecular weight is 460 g/mol. The van der Waals surface area contributed by atoms with Gasteiger partial charge in [0.2, 0.25) is 5.75 Å². The first kappa shape index (κ1) is 22.9. The van der Waals surface area contributed by atoms with Gasteiger partial charge in [-0.2, -0.15) is 0 Å². The lowest BCUT2D eigenvalue weighted by Gasteiger charge is -2.14. The second kappa shape index (κ2) is 9.71. The van der Waals surface area contributed by atoms with Gasteiger partial charge in [-0.15, -0.1) is 11.3 Å². The van der Waals surface area contributed by atoms with Crippen LogP contribution in [0, 0.1) is 23.2 Å². The predicted octanol–water partition coefficient (Wildman–Crippen LogP) is 5.30. The third-order valence-electron chi connectivity index (χ3n) is 7.03. The molecule has 0 aliphatic heterocycles. The Morgan fingerprint density at radius 3 is 2.59 bits per heavy atom. The van der Waals surface area contributed by atoms with Crippen molar-refractivity contribution in [2.24, 2.45) is 28.3 Å². The second-order valence-corrected chi connectivity index (χ2v) is 10.2. The molecule has 0 radical (unpaired) electrons. The van der Waals surface area contributed by atoms with Crippen molar-refractivity contribution in [1.29, 1.82) is 0 Å². The zero-order valence-corrected chi connectivity index (χ0v) is 20.1. The van der Waals surface area contributed by atoms with Crippen LogP contribution in [0.2, 0.25) is 0 Å². The predicted molar refractivity (Wildman–Crippen MR) is 126 cm³/mol. The standard InChI is InChI=1S/C25H33NO5S/c1-25(8-7-20(27)23-6-5-9-32-23)13-19(25)18-12-17(18)15-31-26-14-16-10-21(28-2)24(30-4)22(11-16)29-3/h5-6,9-11,14,17-20,27H,7-8,12-13,15H2,1-4H3/b26-14-/t17-,18+,19?,20?,25+/m1/s1. The highest BCUT2D eigenvalue weighted by Gasteiger charge is 2.60. The summed E-state index contributed by atoms with van der Waals surface area (Å²) in [5, 5.41) is 16.6. The molecule has 1 aromatic heterocycles. The van der Waals surface area contributed by atoms with Crippen molar-refractivity contribution < 1.29 is 24.2 Å². The Hall–Kier alpha value is -2.25. The highest BCUT2D eigenvalue weighted by atomic mass is 32.1. The number of hydrogen-bond acceptors (Lipinski definition) is 7. The number of ether oxygens (including phenoxy) is 3. The first-order chi connectivity index (χ1) is 15.5. The summed E-state index contributed by atoms with van der Waals surface area (Å²) in [7, 11) is 4.77. The first-order valence-electron chi connectivity index (χ1n) is 11.2. The van der Waals surface area contributed by atoms with Crippen molar-refractivity contribution in [1.82, 2.24) is 0 Å². The molecular formula is C25H33NO5S. The first-order valence-corrected chi connectivity index (χ1v) is 12.0. The number of benzene rings is 1. The van der Waals surface area contributed by atoms with Crippen molar-refractivity contribution in [3.05, 3.63) is 40.1 Å². The fraction of sp³-hybridized carbons (Fsp3) is 0.560. The van der Waals surface area contributed by atoms with Crippen LogP contribution in [0.5, 0.6) is 17.2 Å². The number of hydrogen-bond donors (Lipinski definition) is 1.